The highest BCUT2D eigenvalue weighted by atomic mass is 32.1. The fourth-order valence-electron chi connectivity index (χ4n) is 2.78. The number of thiazole rings is 1. The Hall–Kier alpha value is -1.67. The molecule has 0 aliphatic heterocycles. The van der Waals surface area contributed by atoms with Crippen LogP contribution in [0.25, 0.3) is 0 Å². The van der Waals surface area contributed by atoms with Crippen LogP contribution in [-0.4, -0.2) is 51.8 Å². The molecule has 0 bridgehead atoms. The first-order valence-corrected chi connectivity index (χ1v) is 10.7. The Morgan fingerprint density at radius 1 is 1.29 bits per heavy atom. The maximum absolute atomic E-state index is 12.7. The minimum Gasteiger partial charge on any atom is -0.461 e. The highest BCUT2D eigenvalue weighted by Crippen LogP contribution is 2.28. The van der Waals surface area contributed by atoms with Gasteiger partial charge in [-0.1, -0.05) is 20.8 Å². The zero-order valence-corrected chi connectivity index (χ0v) is 18.8. The monoisotopic (exact) mass is 414 g/mol. The molecule has 28 heavy (non-hydrogen) atoms. The molecule has 0 fully saturated rings. The predicted molar refractivity (Wildman–Crippen MR) is 110 cm³/mol. The molecule has 1 N–H and O–H groups in total. The van der Waals surface area contributed by atoms with Gasteiger partial charge in [0.1, 0.15) is 16.7 Å². The third-order valence-corrected chi connectivity index (χ3v) is 4.96. The average Bonchev–Trinajstić information content (AvgIpc) is 3.06. The van der Waals surface area contributed by atoms with E-state index in [2.05, 4.69) is 4.98 Å². The van der Waals surface area contributed by atoms with E-state index in [0.717, 1.165) is 6.42 Å². The molecule has 1 aromatic rings. The fourth-order valence-corrected chi connectivity index (χ4v) is 3.57. The fraction of sp³-hybridized carbons (Fsp3) is 0.750. The van der Waals surface area contributed by atoms with Gasteiger partial charge in [-0.15, -0.1) is 11.3 Å². The van der Waals surface area contributed by atoms with Crippen LogP contribution in [0, 0.1) is 5.92 Å². The summed E-state index contributed by atoms with van der Waals surface area (Å²) in [7, 11) is 0. The number of hydrogen-bond donors (Lipinski definition) is 1. The largest absolute Gasteiger partial charge is 0.461 e. The molecule has 2 atom stereocenters. The first kappa shape index (κ1) is 24.4. The zero-order valence-electron chi connectivity index (χ0n) is 18.0. The molecule has 0 aromatic carbocycles. The van der Waals surface area contributed by atoms with Crippen LogP contribution in [0.1, 0.15) is 82.9 Å². The van der Waals surface area contributed by atoms with Gasteiger partial charge in [0.25, 0.3) is 0 Å². The number of aliphatic hydroxyl groups excluding tert-OH is 1. The summed E-state index contributed by atoms with van der Waals surface area (Å²) in [5, 5.41) is 12.7. The molecule has 0 radical (unpaired) electrons. The Morgan fingerprint density at radius 3 is 2.43 bits per heavy atom. The first-order valence-electron chi connectivity index (χ1n) is 9.80. The highest BCUT2D eigenvalue weighted by Gasteiger charge is 2.32. The van der Waals surface area contributed by atoms with E-state index in [1.54, 1.807) is 17.2 Å². The maximum Gasteiger partial charge on any atom is 0.410 e. The van der Waals surface area contributed by atoms with Gasteiger partial charge in [-0.3, -0.25) is 0 Å². The molecule has 8 heteroatoms. The van der Waals surface area contributed by atoms with Gasteiger partial charge in [-0.05, 0) is 40.0 Å². The van der Waals surface area contributed by atoms with E-state index >= 15 is 0 Å². The maximum atomic E-state index is 12.7. The molecule has 1 amide bonds. The van der Waals surface area contributed by atoms with Gasteiger partial charge in [0, 0.05) is 24.4 Å². The van der Waals surface area contributed by atoms with Crippen LogP contribution in [0.3, 0.4) is 0 Å². The third kappa shape index (κ3) is 7.39. The smallest absolute Gasteiger partial charge is 0.410 e. The first-order chi connectivity index (χ1) is 13.0. The van der Waals surface area contributed by atoms with Crippen LogP contribution in [0.5, 0.6) is 0 Å². The molecule has 1 aromatic heterocycles. The second-order valence-corrected chi connectivity index (χ2v) is 8.92. The Balaban J connectivity index is 2.97. The Kier molecular flexibility index (Phi) is 9.36. The lowest BCUT2D eigenvalue weighted by molar-refractivity contribution is 0.00305. The van der Waals surface area contributed by atoms with Crippen molar-refractivity contribution in [3.05, 3.63) is 16.1 Å². The predicted octanol–water partition coefficient (Wildman–Crippen LogP) is 4.42. The normalized spacial score (nSPS) is 13.9. The molecule has 1 heterocycles. The zero-order chi connectivity index (χ0) is 21.5. The standard InChI is InChI=1S/C20H34N2O5S/c1-8-10-22(19(25)27-20(5,6)7)15(13(3)4)11-16(23)17-21-14(12-28-17)18(24)26-9-2/h12-13,15-16,23H,8-11H2,1-7H3/t15-,16-/m1/s1. The second kappa shape index (κ2) is 10.8. The highest BCUT2D eigenvalue weighted by molar-refractivity contribution is 7.09. The van der Waals surface area contributed by atoms with Crippen molar-refractivity contribution < 1.29 is 24.2 Å². The molecule has 0 spiro atoms. The number of carbonyl (C=O) groups excluding carboxylic acids is 2. The number of aromatic nitrogens is 1. The van der Waals surface area contributed by atoms with E-state index in [1.807, 2.05) is 41.5 Å². The number of ether oxygens (including phenoxy) is 2. The molecular weight excluding hydrogens is 380 g/mol. The number of hydrogen-bond acceptors (Lipinski definition) is 7. The lowest BCUT2D eigenvalue weighted by Crippen LogP contribution is -2.46. The molecule has 0 saturated heterocycles. The summed E-state index contributed by atoms with van der Waals surface area (Å²) in [5.41, 5.74) is -0.396. The Bertz CT molecular complexity index is 639. The van der Waals surface area contributed by atoms with E-state index in [0.29, 0.717) is 18.0 Å². The minimum absolute atomic E-state index is 0.109. The third-order valence-electron chi connectivity index (χ3n) is 4.02. The molecule has 7 nitrogen and oxygen atoms in total. The van der Waals surface area contributed by atoms with Crippen molar-refractivity contribution in [1.82, 2.24) is 9.88 Å². The van der Waals surface area contributed by atoms with Gasteiger partial charge < -0.3 is 19.5 Å². The average molecular weight is 415 g/mol. The Morgan fingerprint density at radius 2 is 1.93 bits per heavy atom. The van der Waals surface area contributed by atoms with E-state index in [9.17, 15) is 14.7 Å². The van der Waals surface area contributed by atoms with Crippen molar-refractivity contribution in [2.75, 3.05) is 13.2 Å². The number of nitrogens with zero attached hydrogens (tertiary/aromatic N) is 2. The summed E-state index contributed by atoms with van der Waals surface area (Å²) in [4.78, 5) is 30.4. The van der Waals surface area contributed by atoms with Gasteiger partial charge in [0.05, 0.1) is 6.61 Å². The van der Waals surface area contributed by atoms with Crippen molar-refractivity contribution >= 4 is 23.4 Å². The Labute approximate surface area is 172 Å². The van der Waals surface area contributed by atoms with Gasteiger partial charge in [-0.2, -0.15) is 0 Å². The number of amides is 1. The SMILES string of the molecule is CCCN(C(=O)OC(C)(C)C)[C@H](C[C@@H](O)c1nc(C(=O)OCC)cs1)C(C)C. The molecular formula is C20H34N2O5S. The topological polar surface area (TPSA) is 89.0 Å². The molecule has 0 saturated carbocycles. The van der Waals surface area contributed by atoms with E-state index in [4.69, 9.17) is 9.47 Å². The number of rotatable bonds is 9. The quantitative estimate of drug-likeness (QED) is 0.602. The van der Waals surface area contributed by atoms with Crippen LogP contribution in [0.4, 0.5) is 4.79 Å². The number of aliphatic hydroxyl groups is 1. The summed E-state index contributed by atoms with van der Waals surface area (Å²) in [6.07, 6.45) is -0.177. The summed E-state index contributed by atoms with van der Waals surface area (Å²) < 4.78 is 10.5. The van der Waals surface area contributed by atoms with Crippen LogP contribution >= 0.6 is 11.3 Å². The van der Waals surface area contributed by atoms with Gasteiger partial charge in [0.2, 0.25) is 0 Å². The summed E-state index contributed by atoms with van der Waals surface area (Å²) >= 11 is 1.21. The minimum atomic E-state index is -0.887. The molecule has 1 rings (SSSR count). The van der Waals surface area contributed by atoms with Crippen molar-refractivity contribution in [1.29, 1.82) is 0 Å². The summed E-state index contributed by atoms with van der Waals surface area (Å²) in [6.45, 7) is 14.1. The van der Waals surface area contributed by atoms with Crippen LogP contribution in [-0.2, 0) is 9.47 Å². The number of esters is 1. The van der Waals surface area contributed by atoms with Crippen LogP contribution in [0.2, 0.25) is 0 Å². The van der Waals surface area contributed by atoms with Crippen molar-refractivity contribution in [3.8, 4) is 0 Å². The summed E-state index contributed by atoms with van der Waals surface area (Å²) in [5.74, 6) is -0.391. The number of carbonyl (C=O) groups is 2. The van der Waals surface area contributed by atoms with E-state index < -0.39 is 17.7 Å². The summed E-state index contributed by atoms with van der Waals surface area (Å²) in [6, 6.07) is -0.222. The molecule has 160 valence electrons. The van der Waals surface area contributed by atoms with Gasteiger partial charge >= 0.3 is 12.1 Å². The molecule has 0 aliphatic rings. The lowest BCUT2D eigenvalue weighted by atomic mass is 9.96. The van der Waals surface area contributed by atoms with Crippen LogP contribution in [0.15, 0.2) is 5.38 Å². The van der Waals surface area contributed by atoms with Gasteiger partial charge in [0.15, 0.2) is 5.69 Å². The lowest BCUT2D eigenvalue weighted by Gasteiger charge is -2.36. The van der Waals surface area contributed by atoms with Crippen LogP contribution < -0.4 is 0 Å². The van der Waals surface area contributed by atoms with Crippen molar-refractivity contribution in [2.45, 2.75) is 79.1 Å². The van der Waals surface area contributed by atoms with Crippen molar-refractivity contribution in [3.63, 3.8) is 0 Å². The van der Waals surface area contributed by atoms with E-state index in [-0.39, 0.29) is 30.4 Å². The second-order valence-electron chi connectivity index (χ2n) is 8.03. The van der Waals surface area contributed by atoms with Crippen molar-refractivity contribution in [2.24, 2.45) is 5.92 Å². The van der Waals surface area contributed by atoms with Gasteiger partial charge in [-0.25, -0.2) is 14.6 Å². The van der Waals surface area contributed by atoms with E-state index in [1.165, 1.54) is 11.3 Å². The molecule has 0 aliphatic carbocycles. The molecule has 0 unspecified atom stereocenters.